The number of carbonyl (C=O) groups excluding carboxylic acids is 1. The van der Waals surface area contributed by atoms with Gasteiger partial charge in [0.15, 0.2) is 0 Å². The Morgan fingerprint density at radius 2 is 1.67 bits per heavy atom. The van der Waals surface area contributed by atoms with Gasteiger partial charge in [-0.1, -0.05) is 39.5 Å². The van der Waals surface area contributed by atoms with E-state index >= 15 is 0 Å². The van der Waals surface area contributed by atoms with E-state index in [2.05, 4.69) is 5.32 Å². The van der Waals surface area contributed by atoms with Crippen LogP contribution < -0.4 is 11.1 Å². The molecule has 1 aliphatic rings. The Bertz CT molecular complexity index is 307. The van der Waals surface area contributed by atoms with Gasteiger partial charge in [-0.05, 0) is 18.8 Å². The van der Waals surface area contributed by atoms with Crippen molar-refractivity contribution >= 4 is 11.9 Å². The molecule has 4 N–H and O–H groups in total. The maximum absolute atomic E-state index is 12.0. The Labute approximate surface area is 108 Å². The van der Waals surface area contributed by atoms with Crippen LogP contribution in [-0.2, 0) is 9.59 Å². The van der Waals surface area contributed by atoms with Gasteiger partial charge in [-0.25, -0.2) is 4.79 Å². The van der Waals surface area contributed by atoms with Crippen molar-refractivity contribution in [1.82, 2.24) is 5.32 Å². The van der Waals surface area contributed by atoms with Gasteiger partial charge in [0.1, 0.15) is 5.54 Å². The third-order valence-corrected chi connectivity index (χ3v) is 3.75. The van der Waals surface area contributed by atoms with Crippen molar-refractivity contribution in [3.8, 4) is 0 Å². The van der Waals surface area contributed by atoms with Crippen LogP contribution in [0.25, 0.3) is 0 Å². The first-order valence-electron chi connectivity index (χ1n) is 6.70. The van der Waals surface area contributed by atoms with E-state index in [-0.39, 0.29) is 11.8 Å². The highest BCUT2D eigenvalue weighted by molar-refractivity contribution is 5.89. The summed E-state index contributed by atoms with van der Waals surface area (Å²) >= 11 is 0. The zero-order valence-corrected chi connectivity index (χ0v) is 11.2. The van der Waals surface area contributed by atoms with Crippen LogP contribution in [-0.4, -0.2) is 28.6 Å². The molecule has 1 fully saturated rings. The Kier molecular flexibility index (Phi) is 5.14. The van der Waals surface area contributed by atoms with E-state index in [1.54, 1.807) is 0 Å². The van der Waals surface area contributed by atoms with Gasteiger partial charge in [-0.3, -0.25) is 4.79 Å². The van der Waals surface area contributed by atoms with E-state index in [1.165, 1.54) is 0 Å². The minimum Gasteiger partial charge on any atom is -0.480 e. The molecule has 5 nitrogen and oxygen atoms in total. The summed E-state index contributed by atoms with van der Waals surface area (Å²) < 4.78 is 0. The molecule has 1 unspecified atom stereocenters. The molecule has 0 aromatic carbocycles. The van der Waals surface area contributed by atoms with Crippen molar-refractivity contribution < 1.29 is 14.7 Å². The second-order valence-corrected chi connectivity index (χ2v) is 5.56. The third-order valence-electron chi connectivity index (χ3n) is 3.75. The van der Waals surface area contributed by atoms with Gasteiger partial charge in [0, 0.05) is 0 Å². The average molecular weight is 256 g/mol. The quantitative estimate of drug-likeness (QED) is 0.660. The first-order valence-corrected chi connectivity index (χ1v) is 6.70. The normalized spacial score (nSPS) is 21.1. The zero-order valence-electron chi connectivity index (χ0n) is 11.2. The van der Waals surface area contributed by atoms with Crippen LogP contribution >= 0.6 is 0 Å². The predicted octanol–water partition coefficient (Wildman–Crippen LogP) is 1.26. The minimum absolute atomic E-state index is 0.00150. The highest BCUT2D eigenvalue weighted by Crippen LogP contribution is 2.27. The molecule has 1 saturated carbocycles. The number of carboxylic acid groups (broad SMARTS) is 1. The zero-order chi connectivity index (χ0) is 13.8. The molecule has 104 valence electrons. The summed E-state index contributed by atoms with van der Waals surface area (Å²) in [5.74, 6) is -1.29. The van der Waals surface area contributed by atoms with Crippen molar-refractivity contribution in [1.29, 1.82) is 0 Å². The van der Waals surface area contributed by atoms with Gasteiger partial charge in [0.05, 0.1) is 6.04 Å². The number of hydrogen-bond acceptors (Lipinski definition) is 3. The summed E-state index contributed by atoms with van der Waals surface area (Å²) in [6.45, 7) is 3.70. The highest BCUT2D eigenvalue weighted by atomic mass is 16.4. The molecule has 0 aromatic heterocycles. The average Bonchev–Trinajstić information content (AvgIpc) is 2.54. The van der Waals surface area contributed by atoms with Crippen molar-refractivity contribution in [3.05, 3.63) is 0 Å². The molecule has 0 bridgehead atoms. The van der Waals surface area contributed by atoms with Crippen LogP contribution in [0.5, 0.6) is 0 Å². The lowest BCUT2D eigenvalue weighted by atomic mass is 9.89. The Morgan fingerprint density at radius 3 is 2.06 bits per heavy atom. The first kappa shape index (κ1) is 15.0. The fourth-order valence-electron chi connectivity index (χ4n) is 2.35. The minimum atomic E-state index is -1.11. The third kappa shape index (κ3) is 3.45. The van der Waals surface area contributed by atoms with Crippen molar-refractivity contribution in [2.24, 2.45) is 11.7 Å². The topological polar surface area (TPSA) is 92.4 Å². The molecule has 5 heteroatoms. The number of hydrogen-bond donors (Lipinski definition) is 3. The molecule has 1 atom stereocenters. The first-order chi connectivity index (χ1) is 8.39. The maximum atomic E-state index is 12.0. The number of rotatable bonds is 4. The van der Waals surface area contributed by atoms with E-state index in [9.17, 15) is 14.7 Å². The highest BCUT2D eigenvalue weighted by Gasteiger charge is 2.41. The van der Waals surface area contributed by atoms with Crippen molar-refractivity contribution in [2.45, 2.75) is 64.0 Å². The standard InChI is InChI=1S/C13H24N2O3/c1-9(2)10(14)11(16)15-13(12(17)18)7-5-3-4-6-8-13/h9-10H,3-8,14H2,1-2H3,(H,15,16)(H,17,18). The fourth-order valence-corrected chi connectivity index (χ4v) is 2.35. The summed E-state index contributed by atoms with van der Waals surface area (Å²) in [6.07, 6.45) is 4.73. The number of aliphatic carboxylic acids is 1. The number of nitrogens with two attached hydrogens (primary N) is 1. The lowest BCUT2D eigenvalue weighted by molar-refractivity contribution is -0.148. The monoisotopic (exact) mass is 256 g/mol. The van der Waals surface area contributed by atoms with Crippen LogP contribution in [0.2, 0.25) is 0 Å². The molecule has 0 heterocycles. The van der Waals surface area contributed by atoms with E-state index in [0.717, 1.165) is 25.7 Å². The Balaban J connectivity index is 2.79. The van der Waals surface area contributed by atoms with Crippen molar-refractivity contribution in [3.63, 3.8) is 0 Å². The largest absolute Gasteiger partial charge is 0.480 e. The number of amides is 1. The molecular formula is C13H24N2O3. The molecule has 0 radical (unpaired) electrons. The SMILES string of the molecule is CC(C)C(N)C(=O)NC1(C(=O)O)CCCCCC1. The van der Waals surface area contributed by atoms with Crippen LogP contribution in [0.1, 0.15) is 52.4 Å². The molecule has 1 rings (SSSR count). The second kappa shape index (κ2) is 6.18. The van der Waals surface area contributed by atoms with Gasteiger partial charge in [-0.2, -0.15) is 0 Å². The van der Waals surface area contributed by atoms with E-state index in [1.807, 2.05) is 13.8 Å². The Morgan fingerprint density at radius 1 is 1.17 bits per heavy atom. The maximum Gasteiger partial charge on any atom is 0.329 e. The van der Waals surface area contributed by atoms with Crippen LogP contribution in [0, 0.1) is 5.92 Å². The second-order valence-electron chi connectivity index (χ2n) is 5.56. The van der Waals surface area contributed by atoms with Gasteiger partial charge >= 0.3 is 5.97 Å². The lowest BCUT2D eigenvalue weighted by Gasteiger charge is -2.31. The fraction of sp³-hybridized carbons (Fsp3) is 0.846. The van der Waals surface area contributed by atoms with E-state index in [0.29, 0.717) is 12.8 Å². The van der Waals surface area contributed by atoms with Crippen LogP contribution in [0.15, 0.2) is 0 Å². The Hall–Kier alpha value is -1.10. The number of carboxylic acids is 1. The summed E-state index contributed by atoms with van der Waals surface area (Å²) in [7, 11) is 0. The van der Waals surface area contributed by atoms with Gasteiger partial charge in [0.2, 0.25) is 5.91 Å². The molecule has 0 spiro atoms. The lowest BCUT2D eigenvalue weighted by Crippen LogP contribution is -2.58. The molecule has 0 aliphatic heterocycles. The summed E-state index contributed by atoms with van der Waals surface area (Å²) in [6, 6.07) is -0.649. The van der Waals surface area contributed by atoms with Crippen LogP contribution in [0.4, 0.5) is 0 Å². The van der Waals surface area contributed by atoms with Crippen LogP contribution in [0.3, 0.4) is 0 Å². The molecule has 0 aromatic rings. The number of nitrogens with one attached hydrogen (secondary N) is 1. The molecule has 1 aliphatic carbocycles. The molecular weight excluding hydrogens is 232 g/mol. The summed E-state index contributed by atoms with van der Waals surface area (Å²) in [4.78, 5) is 23.5. The predicted molar refractivity (Wildman–Crippen MR) is 69.0 cm³/mol. The van der Waals surface area contributed by atoms with Gasteiger partial charge < -0.3 is 16.2 Å². The summed E-state index contributed by atoms with van der Waals surface area (Å²) in [5, 5.41) is 12.1. The molecule has 1 amide bonds. The molecule has 18 heavy (non-hydrogen) atoms. The van der Waals surface area contributed by atoms with E-state index in [4.69, 9.17) is 5.73 Å². The van der Waals surface area contributed by atoms with E-state index < -0.39 is 17.6 Å². The van der Waals surface area contributed by atoms with Crippen molar-refractivity contribution in [2.75, 3.05) is 0 Å². The number of carbonyl (C=O) groups is 2. The van der Waals surface area contributed by atoms with Gasteiger partial charge in [-0.15, -0.1) is 0 Å². The van der Waals surface area contributed by atoms with Gasteiger partial charge in [0.25, 0.3) is 0 Å². The smallest absolute Gasteiger partial charge is 0.329 e. The molecule has 0 saturated heterocycles. The summed E-state index contributed by atoms with van der Waals surface area (Å²) in [5.41, 5.74) is 4.66.